The van der Waals surface area contributed by atoms with Gasteiger partial charge in [0.1, 0.15) is 11.5 Å². The smallest absolute Gasteiger partial charge is 0.251 e. The fourth-order valence-electron chi connectivity index (χ4n) is 2.31. The molecule has 3 rings (SSSR count). The van der Waals surface area contributed by atoms with Crippen molar-refractivity contribution >= 4 is 5.91 Å². The van der Waals surface area contributed by atoms with Gasteiger partial charge in [-0.15, -0.1) is 0 Å². The summed E-state index contributed by atoms with van der Waals surface area (Å²) in [5.41, 5.74) is 1.38. The van der Waals surface area contributed by atoms with Gasteiger partial charge in [0.15, 0.2) is 11.5 Å². The van der Waals surface area contributed by atoms with Gasteiger partial charge in [0, 0.05) is 23.7 Å². The van der Waals surface area contributed by atoms with Crippen LogP contribution < -0.4 is 24.3 Å². The molecule has 0 bridgehead atoms. The molecule has 120 valence electrons. The number of carbonyl (C=O) groups is 1. The Morgan fingerprint density at radius 2 is 1.91 bits per heavy atom. The summed E-state index contributed by atoms with van der Waals surface area (Å²) in [6.07, 6.45) is 0. The zero-order chi connectivity index (χ0) is 16.2. The standard InChI is InChI=1S/C17H17NO5/c1-20-13-5-3-12(15(8-13)21-2)9-18-17(19)11-4-6-14-16(7-11)23-10-22-14/h3-8H,9-10H2,1-2H3,(H,18,19). The van der Waals surface area contributed by atoms with Crippen LogP contribution in [-0.2, 0) is 6.54 Å². The third-order valence-electron chi connectivity index (χ3n) is 3.57. The van der Waals surface area contributed by atoms with Crippen molar-refractivity contribution in [1.29, 1.82) is 0 Å². The molecule has 0 atom stereocenters. The topological polar surface area (TPSA) is 66.0 Å². The first-order chi connectivity index (χ1) is 11.2. The average Bonchev–Trinajstić information content (AvgIpc) is 3.07. The van der Waals surface area contributed by atoms with E-state index >= 15 is 0 Å². The van der Waals surface area contributed by atoms with E-state index in [1.807, 2.05) is 12.1 Å². The number of carbonyl (C=O) groups excluding carboxylic acids is 1. The van der Waals surface area contributed by atoms with Crippen molar-refractivity contribution in [1.82, 2.24) is 5.32 Å². The Balaban J connectivity index is 1.69. The van der Waals surface area contributed by atoms with Crippen LogP contribution in [0.3, 0.4) is 0 Å². The normalized spacial score (nSPS) is 11.9. The van der Waals surface area contributed by atoms with Crippen LogP contribution in [0.5, 0.6) is 23.0 Å². The molecule has 0 spiro atoms. The maximum atomic E-state index is 12.3. The Bertz CT molecular complexity index is 729. The average molecular weight is 315 g/mol. The number of hydrogen-bond acceptors (Lipinski definition) is 5. The molecule has 2 aromatic rings. The van der Waals surface area contributed by atoms with E-state index in [0.29, 0.717) is 35.1 Å². The van der Waals surface area contributed by atoms with Crippen molar-refractivity contribution in [2.75, 3.05) is 21.0 Å². The predicted octanol–water partition coefficient (Wildman–Crippen LogP) is 2.36. The maximum absolute atomic E-state index is 12.3. The molecule has 1 amide bonds. The quantitative estimate of drug-likeness (QED) is 0.917. The summed E-state index contributed by atoms with van der Waals surface area (Å²) >= 11 is 0. The molecular weight excluding hydrogens is 298 g/mol. The van der Waals surface area contributed by atoms with Crippen molar-refractivity contribution in [2.45, 2.75) is 6.54 Å². The summed E-state index contributed by atoms with van der Waals surface area (Å²) in [4.78, 5) is 12.3. The van der Waals surface area contributed by atoms with Crippen molar-refractivity contribution in [3.63, 3.8) is 0 Å². The molecule has 1 aliphatic rings. The lowest BCUT2D eigenvalue weighted by atomic mass is 10.1. The summed E-state index contributed by atoms with van der Waals surface area (Å²) in [7, 11) is 3.17. The summed E-state index contributed by atoms with van der Waals surface area (Å²) in [6, 6.07) is 10.6. The number of fused-ring (bicyclic) bond motifs is 1. The molecular formula is C17H17NO5. The fourth-order valence-corrected chi connectivity index (χ4v) is 2.31. The fraction of sp³-hybridized carbons (Fsp3) is 0.235. The molecule has 23 heavy (non-hydrogen) atoms. The molecule has 1 heterocycles. The molecule has 1 aliphatic heterocycles. The van der Waals surface area contributed by atoms with Crippen molar-refractivity contribution in [3.05, 3.63) is 47.5 Å². The molecule has 6 nitrogen and oxygen atoms in total. The van der Waals surface area contributed by atoms with E-state index in [4.69, 9.17) is 18.9 Å². The minimum absolute atomic E-state index is 0.184. The van der Waals surface area contributed by atoms with Gasteiger partial charge in [-0.25, -0.2) is 0 Å². The SMILES string of the molecule is COc1ccc(CNC(=O)c2ccc3c(c2)OCO3)c(OC)c1. The molecule has 0 radical (unpaired) electrons. The molecule has 0 fully saturated rings. The van der Waals surface area contributed by atoms with Gasteiger partial charge in [-0.2, -0.15) is 0 Å². The molecule has 1 N–H and O–H groups in total. The van der Waals surface area contributed by atoms with Crippen LogP contribution in [0.2, 0.25) is 0 Å². The highest BCUT2D eigenvalue weighted by Gasteiger charge is 2.16. The van der Waals surface area contributed by atoms with Gasteiger partial charge >= 0.3 is 0 Å². The van der Waals surface area contributed by atoms with Crippen LogP contribution in [0.1, 0.15) is 15.9 Å². The second kappa shape index (κ2) is 6.48. The Kier molecular flexibility index (Phi) is 4.23. The Morgan fingerprint density at radius 1 is 1.09 bits per heavy atom. The molecule has 0 saturated carbocycles. The molecule has 2 aromatic carbocycles. The van der Waals surface area contributed by atoms with E-state index in [9.17, 15) is 4.79 Å². The van der Waals surface area contributed by atoms with Gasteiger partial charge in [0.25, 0.3) is 5.91 Å². The van der Waals surface area contributed by atoms with Gasteiger partial charge in [-0.05, 0) is 30.3 Å². The van der Waals surface area contributed by atoms with Crippen LogP contribution in [0.4, 0.5) is 0 Å². The number of amides is 1. The first kappa shape index (κ1) is 15.0. The Hall–Kier alpha value is -2.89. The highest BCUT2D eigenvalue weighted by atomic mass is 16.7. The van der Waals surface area contributed by atoms with Crippen LogP contribution >= 0.6 is 0 Å². The highest BCUT2D eigenvalue weighted by Crippen LogP contribution is 2.32. The monoisotopic (exact) mass is 315 g/mol. The van der Waals surface area contributed by atoms with E-state index in [2.05, 4.69) is 5.32 Å². The largest absolute Gasteiger partial charge is 0.497 e. The van der Waals surface area contributed by atoms with Gasteiger partial charge in [0.05, 0.1) is 14.2 Å². The number of ether oxygens (including phenoxy) is 4. The van der Waals surface area contributed by atoms with Crippen LogP contribution in [0.25, 0.3) is 0 Å². The van der Waals surface area contributed by atoms with Crippen molar-refractivity contribution < 1.29 is 23.7 Å². The van der Waals surface area contributed by atoms with Crippen LogP contribution in [-0.4, -0.2) is 26.9 Å². The molecule has 0 aromatic heterocycles. The van der Waals surface area contributed by atoms with Crippen molar-refractivity contribution in [2.24, 2.45) is 0 Å². The third-order valence-corrected chi connectivity index (χ3v) is 3.57. The van der Waals surface area contributed by atoms with Crippen LogP contribution in [0.15, 0.2) is 36.4 Å². The van der Waals surface area contributed by atoms with Gasteiger partial charge in [0.2, 0.25) is 6.79 Å². The zero-order valence-corrected chi connectivity index (χ0v) is 12.9. The highest BCUT2D eigenvalue weighted by molar-refractivity contribution is 5.94. The summed E-state index contributed by atoms with van der Waals surface area (Å²) < 4.78 is 21.0. The first-order valence-corrected chi connectivity index (χ1v) is 7.10. The van der Waals surface area contributed by atoms with Crippen LogP contribution in [0, 0.1) is 0 Å². The van der Waals surface area contributed by atoms with E-state index in [0.717, 1.165) is 5.56 Å². The summed E-state index contributed by atoms with van der Waals surface area (Å²) in [5, 5.41) is 2.86. The lowest BCUT2D eigenvalue weighted by Crippen LogP contribution is -2.23. The van der Waals surface area contributed by atoms with E-state index in [-0.39, 0.29) is 12.7 Å². The number of hydrogen-bond donors (Lipinski definition) is 1. The molecule has 6 heteroatoms. The van der Waals surface area contributed by atoms with E-state index in [1.54, 1.807) is 38.5 Å². The van der Waals surface area contributed by atoms with Crippen molar-refractivity contribution in [3.8, 4) is 23.0 Å². The second-order valence-corrected chi connectivity index (χ2v) is 4.93. The number of benzene rings is 2. The lowest BCUT2D eigenvalue weighted by Gasteiger charge is -2.11. The van der Waals surface area contributed by atoms with Gasteiger partial charge < -0.3 is 24.3 Å². The molecule has 0 unspecified atom stereocenters. The Morgan fingerprint density at radius 3 is 2.70 bits per heavy atom. The minimum Gasteiger partial charge on any atom is -0.497 e. The van der Waals surface area contributed by atoms with E-state index in [1.165, 1.54) is 0 Å². The molecule has 0 aliphatic carbocycles. The maximum Gasteiger partial charge on any atom is 0.251 e. The first-order valence-electron chi connectivity index (χ1n) is 7.10. The summed E-state index contributed by atoms with van der Waals surface area (Å²) in [5.74, 6) is 2.40. The molecule has 0 saturated heterocycles. The number of methoxy groups -OCH3 is 2. The predicted molar refractivity (Wildman–Crippen MR) is 83.3 cm³/mol. The second-order valence-electron chi connectivity index (χ2n) is 4.93. The van der Waals surface area contributed by atoms with E-state index < -0.39 is 0 Å². The van der Waals surface area contributed by atoms with Gasteiger partial charge in [-0.1, -0.05) is 0 Å². The third kappa shape index (κ3) is 3.15. The minimum atomic E-state index is -0.193. The van der Waals surface area contributed by atoms with Gasteiger partial charge in [-0.3, -0.25) is 4.79 Å². The summed E-state index contributed by atoms with van der Waals surface area (Å²) in [6.45, 7) is 0.532. The Labute approximate surface area is 133 Å². The number of rotatable bonds is 5. The number of nitrogens with one attached hydrogen (secondary N) is 1. The zero-order valence-electron chi connectivity index (χ0n) is 12.9. The lowest BCUT2D eigenvalue weighted by molar-refractivity contribution is 0.0950.